The van der Waals surface area contributed by atoms with Crippen LogP contribution in [0.4, 0.5) is 8.78 Å². The highest BCUT2D eigenvalue weighted by Crippen LogP contribution is 2.16. The molecule has 0 fully saturated rings. The number of aromatic carboxylic acids is 1. The summed E-state index contributed by atoms with van der Waals surface area (Å²) in [5, 5.41) is 13.6. The average molecular weight is 417 g/mol. The van der Waals surface area contributed by atoms with Gasteiger partial charge >= 0.3 is 12.6 Å². The van der Waals surface area contributed by atoms with E-state index >= 15 is 0 Å². The van der Waals surface area contributed by atoms with Gasteiger partial charge < -0.3 is 14.7 Å². The number of carboxylic acid groups (broad SMARTS) is 1. The van der Waals surface area contributed by atoms with E-state index in [1.54, 1.807) is 12.1 Å². The Morgan fingerprint density at radius 1 is 1.13 bits per heavy atom. The lowest BCUT2D eigenvalue weighted by Gasteiger charge is -2.18. The summed E-state index contributed by atoms with van der Waals surface area (Å²) in [7, 11) is 1.50. The maximum absolute atomic E-state index is 12.6. The van der Waals surface area contributed by atoms with Gasteiger partial charge in [-0.3, -0.25) is 9.59 Å². The second-order valence-corrected chi connectivity index (χ2v) is 6.43. The summed E-state index contributed by atoms with van der Waals surface area (Å²) >= 11 is 0. The Morgan fingerprint density at radius 2 is 1.77 bits per heavy atom. The third-order valence-electron chi connectivity index (χ3n) is 4.35. The molecule has 0 aliphatic carbocycles. The first-order valence-electron chi connectivity index (χ1n) is 8.77. The van der Waals surface area contributed by atoms with E-state index in [4.69, 9.17) is 0 Å². The normalized spacial score (nSPS) is 10.9. The maximum Gasteiger partial charge on any atom is 0.387 e. The van der Waals surface area contributed by atoms with Crippen LogP contribution in [0.5, 0.6) is 5.75 Å². The van der Waals surface area contributed by atoms with Crippen LogP contribution in [-0.2, 0) is 17.9 Å². The van der Waals surface area contributed by atoms with Gasteiger partial charge in [-0.25, -0.2) is 9.48 Å². The zero-order valence-electron chi connectivity index (χ0n) is 15.8. The smallest absolute Gasteiger partial charge is 0.387 e. The largest absolute Gasteiger partial charge is 0.476 e. The second-order valence-electron chi connectivity index (χ2n) is 6.43. The first kappa shape index (κ1) is 20.9. The van der Waals surface area contributed by atoms with Gasteiger partial charge in [-0.15, -0.1) is 0 Å². The van der Waals surface area contributed by atoms with Crippen molar-refractivity contribution in [1.29, 1.82) is 0 Å². The molecule has 1 amide bonds. The van der Waals surface area contributed by atoms with E-state index in [0.29, 0.717) is 5.56 Å². The number of carboxylic acids is 1. The third-order valence-corrected chi connectivity index (χ3v) is 4.35. The number of benzene rings is 2. The summed E-state index contributed by atoms with van der Waals surface area (Å²) in [6.45, 7) is -3.24. The van der Waals surface area contributed by atoms with Gasteiger partial charge in [0.15, 0.2) is 5.69 Å². The van der Waals surface area contributed by atoms with E-state index in [1.165, 1.54) is 48.3 Å². The fourth-order valence-electron chi connectivity index (χ4n) is 2.89. The van der Waals surface area contributed by atoms with Crippen molar-refractivity contribution in [2.45, 2.75) is 19.7 Å². The van der Waals surface area contributed by atoms with Crippen molar-refractivity contribution in [3.63, 3.8) is 0 Å². The number of carbonyl (C=O) groups excluding carboxylic acids is 1. The third kappa shape index (κ3) is 4.59. The highest BCUT2D eigenvalue weighted by atomic mass is 19.3. The molecule has 10 heteroatoms. The number of hydrogen-bond donors (Lipinski definition) is 1. The lowest BCUT2D eigenvalue weighted by molar-refractivity contribution is -0.131. The molecule has 0 atom stereocenters. The van der Waals surface area contributed by atoms with E-state index in [2.05, 4.69) is 9.84 Å². The van der Waals surface area contributed by atoms with Crippen molar-refractivity contribution < 1.29 is 28.2 Å². The Kier molecular flexibility index (Phi) is 6.05. The van der Waals surface area contributed by atoms with E-state index in [1.807, 2.05) is 0 Å². The molecule has 3 aromatic rings. The number of ether oxygens (including phenoxy) is 1. The highest BCUT2D eigenvalue weighted by molar-refractivity contribution is 6.01. The van der Waals surface area contributed by atoms with Crippen molar-refractivity contribution >= 4 is 22.6 Å². The Labute approximate surface area is 168 Å². The van der Waals surface area contributed by atoms with Crippen LogP contribution in [0.3, 0.4) is 0 Å². The number of fused-ring (bicyclic) bond motifs is 1. The minimum atomic E-state index is -2.93. The molecule has 1 aromatic heterocycles. The average Bonchev–Trinajstić information content (AvgIpc) is 2.71. The van der Waals surface area contributed by atoms with Crippen molar-refractivity contribution in [2.24, 2.45) is 0 Å². The van der Waals surface area contributed by atoms with Crippen molar-refractivity contribution in [2.75, 3.05) is 7.05 Å². The van der Waals surface area contributed by atoms with Crippen molar-refractivity contribution in [3.8, 4) is 5.75 Å². The second kappa shape index (κ2) is 8.68. The quantitative estimate of drug-likeness (QED) is 0.633. The Morgan fingerprint density at radius 3 is 2.37 bits per heavy atom. The number of hydrogen-bond acceptors (Lipinski definition) is 5. The summed E-state index contributed by atoms with van der Waals surface area (Å²) < 4.78 is 29.5. The van der Waals surface area contributed by atoms with Crippen LogP contribution >= 0.6 is 0 Å². The SMILES string of the molecule is CN(Cc1ccc(OC(F)F)cc1)C(=O)Cn1nc(C(=O)O)c2ccccc2c1=O. The van der Waals surface area contributed by atoms with Crippen LogP contribution in [0.1, 0.15) is 16.1 Å². The first-order valence-corrected chi connectivity index (χ1v) is 8.77. The minimum absolute atomic E-state index is 0.00385. The molecular formula is C20H17F2N3O5. The Bertz CT molecular complexity index is 1150. The molecule has 2 aromatic carbocycles. The van der Waals surface area contributed by atoms with Gasteiger partial charge in [0.2, 0.25) is 5.91 Å². The van der Waals surface area contributed by atoms with Crippen LogP contribution in [-0.4, -0.2) is 45.3 Å². The zero-order chi connectivity index (χ0) is 21.8. The predicted molar refractivity (Wildman–Crippen MR) is 103 cm³/mol. The van der Waals surface area contributed by atoms with Crippen LogP contribution in [0, 0.1) is 0 Å². The van der Waals surface area contributed by atoms with Crippen LogP contribution in [0.2, 0.25) is 0 Å². The monoisotopic (exact) mass is 417 g/mol. The van der Waals surface area contributed by atoms with Crippen LogP contribution in [0.15, 0.2) is 53.3 Å². The zero-order valence-corrected chi connectivity index (χ0v) is 15.8. The van der Waals surface area contributed by atoms with Gasteiger partial charge in [0.25, 0.3) is 5.56 Å². The number of aromatic nitrogens is 2. The molecular weight excluding hydrogens is 400 g/mol. The molecule has 0 spiro atoms. The number of amides is 1. The molecule has 0 bridgehead atoms. The number of halogens is 2. The number of nitrogens with zero attached hydrogens (tertiary/aromatic N) is 3. The molecule has 0 aliphatic rings. The van der Waals surface area contributed by atoms with Gasteiger partial charge in [-0.1, -0.05) is 30.3 Å². The summed E-state index contributed by atoms with van der Waals surface area (Å²) in [4.78, 5) is 38.0. The van der Waals surface area contributed by atoms with Gasteiger partial charge in [0.1, 0.15) is 12.3 Å². The van der Waals surface area contributed by atoms with E-state index in [9.17, 15) is 28.3 Å². The molecule has 0 aliphatic heterocycles. The Hall–Kier alpha value is -3.82. The number of alkyl halides is 2. The van der Waals surface area contributed by atoms with Crippen molar-refractivity contribution in [3.05, 3.63) is 70.1 Å². The topological polar surface area (TPSA) is 102 Å². The van der Waals surface area contributed by atoms with Crippen molar-refractivity contribution in [1.82, 2.24) is 14.7 Å². The van der Waals surface area contributed by atoms with Crippen LogP contribution in [0.25, 0.3) is 10.8 Å². The summed E-state index contributed by atoms with van der Waals surface area (Å²) in [5.74, 6) is -1.80. The molecule has 1 heterocycles. The van der Waals surface area contributed by atoms with Gasteiger partial charge in [0, 0.05) is 19.0 Å². The minimum Gasteiger partial charge on any atom is -0.476 e. The van der Waals surface area contributed by atoms with E-state index < -0.39 is 30.6 Å². The molecule has 0 saturated carbocycles. The summed E-state index contributed by atoms with van der Waals surface area (Å²) in [6, 6.07) is 11.9. The van der Waals surface area contributed by atoms with Gasteiger partial charge in [0.05, 0.1) is 5.39 Å². The number of carbonyl (C=O) groups is 2. The van der Waals surface area contributed by atoms with E-state index in [0.717, 1.165) is 4.68 Å². The lowest BCUT2D eigenvalue weighted by atomic mass is 10.1. The molecule has 3 rings (SSSR count). The fourth-order valence-corrected chi connectivity index (χ4v) is 2.89. The Balaban J connectivity index is 1.78. The predicted octanol–water partition coefficient (Wildman–Crippen LogP) is 2.35. The molecule has 30 heavy (non-hydrogen) atoms. The van der Waals surface area contributed by atoms with Gasteiger partial charge in [-0.05, 0) is 23.8 Å². The first-order chi connectivity index (χ1) is 14.3. The maximum atomic E-state index is 12.6. The standard InChI is InChI=1S/C20H17F2N3O5/c1-24(10-12-6-8-13(9-7-12)30-20(21)22)16(26)11-25-18(27)15-5-3-2-4-14(15)17(23-25)19(28)29/h2-9,20H,10-11H2,1H3,(H,28,29). The van der Waals surface area contributed by atoms with Gasteiger partial charge in [-0.2, -0.15) is 13.9 Å². The molecule has 0 unspecified atom stereocenters. The molecule has 0 saturated heterocycles. The number of rotatable bonds is 7. The fraction of sp³-hybridized carbons (Fsp3) is 0.200. The summed E-state index contributed by atoms with van der Waals surface area (Å²) in [5.41, 5.74) is -0.251. The highest BCUT2D eigenvalue weighted by Gasteiger charge is 2.18. The molecule has 156 valence electrons. The van der Waals surface area contributed by atoms with Crippen LogP contribution < -0.4 is 10.3 Å². The molecule has 1 N–H and O–H groups in total. The molecule has 0 radical (unpaired) electrons. The molecule has 8 nitrogen and oxygen atoms in total. The lowest BCUT2D eigenvalue weighted by Crippen LogP contribution is -2.35. The number of likely N-dealkylation sites (N-methyl/N-ethyl adjacent to an activating group) is 1. The summed E-state index contributed by atoms with van der Waals surface area (Å²) in [6.07, 6.45) is 0. The van der Waals surface area contributed by atoms with E-state index in [-0.39, 0.29) is 28.8 Å².